The van der Waals surface area contributed by atoms with Gasteiger partial charge in [0.15, 0.2) is 11.0 Å². The molecule has 0 unspecified atom stereocenters. The lowest BCUT2D eigenvalue weighted by molar-refractivity contribution is -0.118. The molecule has 0 atom stereocenters. The first-order valence-electron chi connectivity index (χ1n) is 11.9. The van der Waals surface area contributed by atoms with E-state index in [0.29, 0.717) is 17.6 Å². The lowest BCUT2D eigenvalue weighted by Gasteiger charge is -2.11. The summed E-state index contributed by atoms with van der Waals surface area (Å²) in [4.78, 5) is 12.5. The van der Waals surface area contributed by atoms with Gasteiger partial charge in [-0.05, 0) is 67.4 Å². The third-order valence-electron chi connectivity index (χ3n) is 5.36. The second kappa shape index (κ2) is 12.7. The summed E-state index contributed by atoms with van der Waals surface area (Å²) in [6.07, 6.45) is 2.55. The van der Waals surface area contributed by atoms with Crippen LogP contribution >= 0.6 is 11.8 Å². The smallest absolute Gasteiger partial charge is 0.250 e. The number of hydrogen-bond donors (Lipinski definition) is 1. The number of rotatable bonds is 11. The topological polar surface area (TPSA) is 90.6 Å². The van der Waals surface area contributed by atoms with Crippen molar-refractivity contribution in [2.45, 2.75) is 25.4 Å². The summed E-state index contributed by atoms with van der Waals surface area (Å²) in [5.74, 6) is 2.14. The minimum absolute atomic E-state index is 0.128. The molecule has 1 aromatic heterocycles. The monoisotopic (exact) mass is 515 g/mol. The second-order valence-electron chi connectivity index (χ2n) is 8.20. The minimum atomic E-state index is -0.245. The highest BCUT2D eigenvalue weighted by Crippen LogP contribution is 2.29. The molecule has 0 aliphatic carbocycles. The Balaban J connectivity index is 1.44. The highest BCUT2D eigenvalue weighted by atomic mass is 32.2. The van der Waals surface area contributed by atoms with Crippen LogP contribution in [-0.2, 0) is 4.79 Å². The lowest BCUT2D eigenvalue weighted by atomic mass is 10.1. The van der Waals surface area contributed by atoms with Gasteiger partial charge in [-0.1, -0.05) is 48.5 Å². The number of aryl methyl sites for hydroxylation is 1. The lowest BCUT2D eigenvalue weighted by Crippen LogP contribution is -2.20. The Morgan fingerprint density at radius 2 is 1.70 bits per heavy atom. The molecule has 0 saturated heterocycles. The van der Waals surface area contributed by atoms with Crippen molar-refractivity contribution in [1.82, 2.24) is 20.2 Å². The third-order valence-corrected chi connectivity index (χ3v) is 6.29. The van der Waals surface area contributed by atoms with E-state index in [1.807, 2.05) is 84.3 Å². The molecule has 9 heteroatoms. The Labute approximate surface area is 220 Å². The third kappa shape index (κ3) is 6.98. The number of carbonyl (C=O) groups excluding carboxylic acids is 1. The largest absolute Gasteiger partial charge is 0.497 e. The molecule has 1 heterocycles. The standard InChI is InChI=1S/C28H29N5O3S/c1-4-17-36-25-13-7-21(8-14-25)18-29-30-26(34)19-37-28-32-31-27(22-9-5-20(2)6-10-22)33(28)23-11-15-24(35-3)16-12-23/h5-16,18H,4,17,19H2,1-3H3,(H,30,34). The number of ether oxygens (including phenoxy) is 2. The van der Waals surface area contributed by atoms with E-state index in [9.17, 15) is 4.79 Å². The SMILES string of the molecule is CCCOc1ccc(C=NNC(=O)CSc2nnc(-c3ccc(C)cc3)n2-c2ccc(OC)cc2)cc1. The molecule has 1 amide bonds. The van der Waals surface area contributed by atoms with Gasteiger partial charge in [-0.25, -0.2) is 5.43 Å². The van der Waals surface area contributed by atoms with Gasteiger partial charge < -0.3 is 9.47 Å². The molecule has 0 saturated carbocycles. The Kier molecular flexibility index (Phi) is 8.93. The van der Waals surface area contributed by atoms with E-state index in [2.05, 4.69) is 27.6 Å². The zero-order valence-corrected chi connectivity index (χ0v) is 21.9. The molecule has 0 aliphatic heterocycles. The first-order valence-corrected chi connectivity index (χ1v) is 12.9. The molecule has 37 heavy (non-hydrogen) atoms. The van der Waals surface area contributed by atoms with Crippen LogP contribution in [0.5, 0.6) is 11.5 Å². The highest BCUT2D eigenvalue weighted by Gasteiger charge is 2.17. The Hall–Kier alpha value is -4.11. The first-order chi connectivity index (χ1) is 18.1. The van der Waals surface area contributed by atoms with Crippen LogP contribution in [0.15, 0.2) is 83.1 Å². The predicted octanol–water partition coefficient (Wildman–Crippen LogP) is 5.28. The number of nitrogens with one attached hydrogen (secondary N) is 1. The normalized spacial score (nSPS) is 11.0. The van der Waals surface area contributed by atoms with Crippen LogP contribution in [0, 0.1) is 6.92 Å². The van der Waals surface area contributed by atoms with E-state index < -0.39 is 0 Å². The average molecular weight is 516 g/mol. The maximum absolute atomic E-state index is 12.5. The highest BCUT2D eigenvalue weighted by molar-refractivity contribution is 7.99. The van der Waals surface area contributed by atoms with Gasteiger partial charge in [0.05, 0.1) is 25.7 Å². The van der Waals surface area contributed by atoms with Crippen molar-refractivity contribution in [2.24, 2.45) is 5.10 Å². The fraction of sp³-hybridized carbons (Fsp3) is 0.214. The molecular formula is C28H29N5O3S. The van der Waals surface area contributed by atoms with Gasteiger partial charge in [-0.3, -0.25) is 9.36 Å². The van der Waals surface area contributed by atoms with Crippen LogP contribution < -0.4 is 14.9 Å². The summed E-state index contributed by atoms with van der Waals surface area (Å²) in [5.41, 5.74) is 6.39. The van der Waals surface area contributed by atoms with Crippen LogP contribution in [0.3, 0.4) is 0 Å². The summed E-state index contributed by atoms with van der Waals surface area (Å²) in [7, 11) is 1.63. The number of amides is 1. The molecule has 0 radical (unpaired) electrons. The van der Waals surface area contributed by atoms with E-state index >= 15 is 0 Å². The van der Waals surface area contributed by atoms with Crippen molar-refractivity contribution >= 4 is 23.9 Å². The number of methoxy groups -OCH3 is 1. The summed E-state index contributed by atoms with van der Waals surface area (Å²) in [6.45, 7) is 4.78. The van der Waals surface area contributed by atoms with Gasteiger partial charge in [0.2, 0.25) is 0 Å². The van der Waals surface area contributed by atoms with Crippen molar-refractivity contribution in [2.75, 3.05) is 19.5 Å². The van der Waals surface area contributed by atoms with Gasteiger partial charge in [0.1, 0.15) is 11.5 Å². The summed E-state index contributed by atoms with van der Waals surface area (Å²) in [6, 6.07) is 23.3. The van der Waals surface area contributed by atoms with Crippen LogP contribution in [0.4, 0.5) is 0 Å². The summed E-state index contributed by atoms with van der Waals surface area (Å²) in [5, 5.41) is 13.5. The number of hydrazone groups is 1. The van der Waals surface area contributed by atoms with Gasteiger partial charge in [-0.15, -0.1) is 10.2 Å². The Morgan fingerprint density at radius 1 is 1.00 bits per heavy atom. The molecule has 0 fully saturated rings. The molecule has 8 nitrogen and oxygen atoms in total. The molecule has 4 aromatic rings. The fourth-order valence-corrected chi connectivity index (χ4v) is 4.17. The van der Waals surface area contributed by atoms with E-state index in [1.165, 1.54) is 11.8 Å². The predicted molar refractivity (Wildman–Crippen MR) is 147 cm³/mol. The van der Waals surface area contributed by atoms with Crippen molar-refractivity contribution in [3.05, 3.63) is 83.9 Å². The average Bonchev–Trinajstić information content (AvgIpc) is 3.36. The van der Waals surface area contributed by atoms with Crippen LogP contribution in [0.25, 0.3) is 17.1 Å². The van der Waals surface area contributed by atoms with E-state index in [-0.39, 0.29) is 11.7 Å². The molecule has 1 N–H and O–H groups in total. The number of aromatic nitrogens is 3. The number of carbonyl (C=O) groups is 1. The molecule has 4 rings (SSSR count). The van der Waals surface area contributed by atoms with Crippen molar-refractivity contribution in [3.8, 4) is 28.6 Å². The van der Waals surface area contributed by atoms with E-state index in [4.69, 9.17) is 9.47 Å². The van der Waals surface area contributed by atoms with Gasteiger partial charge in [0.25, 0.3) is 5.91 Å². The zero-order valence-electron chi connectivity index (χ0n) is 21.0. The molecule has 3 aromatic carbocycles. The minimum Gasteiger partial charge on any atom is -0.497 e. The number of benzene rings is 3. The first kappa shape index (κ1) is 26.0. The van der Waals surface area contributed by atoms with Crippen molar-refractivity contribution < 1.29 is 14.3 Å². The number of nitrogens with zero attached hydrogens (tertiary/aromatic N) is 4. The quantitative estimate of drug-likeness (QED) is 0.166. The van der Waals surface area contributed by atoms with Gasteiger partial charge in [-0.2, -0.15) is 5.10 Å². The molecule has 0 bridgehead atoms. The summed E-state index contributed by atoms with van der Waals surface area (Å²) < 4.78 is 12.8. The molecule has 190 valence electrons. The molecule has 0 spiro atoms. The van der Waals surface area contributed by atoms with E-state index in [0.717, 1.165) is 40.3 Å². The molecular weight excluding hydrogens is 486 g/mol. The van der Waals surface area contributed by atoms with Crippen LogP contribution in [0.2, 0.25) is 0 Å². The number of thioether (sulfide) groups is 1. The Bertz CT molecular complexity index is 1330. The number of hydrogen-bond acceptors (Lipinski definition) is 7. The zero-order chi connectivity index (χ0) is 26.0. The van der Waals surface area contributed by atoms with Crippen molar-refractivity contribution in [1.29, 1.82) is 0 Å². The summed E-state index contributed by atoms with van der Waals surface area (Å²) >= 11 is 1.29. The van der Waals surface area contributed by atoms with Gasteiger partial charge in [0, 0.05) is 11.3 Å². The maximum atomic E-state index is 12.5. The maximum Gasteiger partial charge on any atom is 0.250 e. The second-order valence-corrected chi connectivity index (χ2v) is 9.15. The van der Waals surface area contributed by atoms with Crippen LogP contribution in [-0.4, -0.2) is 46.4 Å². The van der Waals surface area contributed by atoms with Crippen LogP contribution in [0.1, 0.15) is 24.5 Å². The fourth-order valence-electron chi connectivity index (χ4n) is 3.43. The van der Waals surface area contributed by atoms with E-state index in [1.54, 1.807) is 13.3 Å². The molecule has 0 aliphatic rings. The van der Waals surface area contributed by atoms with Crippen molar-refractivity contribution in [3.63, 3.8) is 0 Å². The Morgan fingerprint density at radius 3 is 2.38 bits per heavy atom. The van der Waals surface area contributed by atoms with Gasteiger partial charge >= 0.3 is 0 Å².